The van der Waals surface area contributed by atoms with E-state index in [1.165, 1.54) is 35.9 Å². The van der Waals surface area contributed by atoms with E-state index in [1.807, 2.05) is 12.1 Å². The van der Waals surface area contributed by atoms with Crippen LogP contribution < -0.4 is 0 Å². The first-order valence-electron chi connectivity index (χ1n) is 6.02. The van der Waals surface area contributed by atoms with Crippen LogP contribution >= 0.6 is 27.5 Å². The van der Waals surface area contributed by atoms with Crippen LogP contribution in [0.1, 0.15) is 25.0 Å². The SMILES string of the molecule is Cn1c(CCCCCBr)cc2cc(Cl)ccc21. The normalized spacial score (nSPS) is 11.2. The molecule has 3 heteroatoms. The molecule has 17 heavy (non-hydrogen) atoms. The summed E-state index contributed by atoms with van der Waals surface area (Å²) < 4.78 is 2.28. The lowest BCUT2D eigenvalue weighted by atomic mass is 10.1. The molecule has 0 radical (unpaired) electrons. The summed E-state index contributed by atoms with van der Waals surface area (Å²) in [7, 11) is 2.13. The summed E-state index contributed by atoms with van der Waals surface area (Å²) in [5, 5.41) is 3.17. The number of halogens is 2. The number of nitrogens with zero attached hydrogens (tertiary/aromatic N) is 1. The molecule has 0 fully saturated rings. The van der Waals surface area contributed by atoms with Gasteiger partial charge in [-0.1, -0.05) is 34.0 Å². The van der Waals surface area contributed by atoms with Gasteiger partial charge in [-0.3, -0.25) is 0 Å². The second-order valence-electron chi connectivity index (χ2n) is 4.40. The summed E-state index contributed by atoms with van der Waals surface area (Å²) in [5.41, 5.74) is 2.67. The van der Waals surface area contributed by atoms with Gasteiger partial charge >= 0.3 is 0 Å². The fourth-order valence-electron chi connectivity index (χ4n) is 2.19. The van der Waals surface area contributed by atoms with Gasteiger partial charge in [0.25, 0.3) is 0 Å². The highest BCUT2D eigenvalue weighted by Crippen LogP contribution is 2.23. The molecule has 1 heterocycles. The third-order valence-electron chi connectivity index (χ3n) is 3.17. The molecule has 92 valence electrons. The Morgan fingerprint density at radius 2 is 2.00 bits per heavy atom. The second-order valence-corrected chi connectivity index (χ2v) is 5.63. The van der Waals surface area contributed by atoms with E-state index in [0.717, 1.165) is 16.8 Å². The maximum absolute atomic E-state index is 6.01. The van der Waals surface area contributed by atoms with Crippen LogP contribution in [-0.2, 0) is 13.5 Å². The van der Waals surface area contributed by atoms with E-state index in [-0.39, 0.29) is 0 Å². The molecular formula is C14H17BrClN. The monoisotopic (exact) mass is 313 g/mol. The number of aromatic nitrogens is 1. The number of hydrogen-bond donors (Lipinski definition) is 0. The van der Waals surface area contributed by atoms with Crippen LogP contribution in [0.25, 0.3) is 10.9 Å². The molecule has 1 aromatic heterocycles. The predicted octanol–water partition coefficient (Wildman–Crippen LogP) is 4.94. The van der Waals surface area contributed by atoms with Gasteiger partial charge in [0.15, 0.2) is 0 Å². The Kier molecular flexibility index (Phi) is 4.52. The fraction of sp³-hybridized carbons (Fsp3) is 0.429. The minimum absolute atomic E-state index is 0.814. The van der Waals surface area contributed by atoms with Crippen molar-refractivity contribution in [2.75, 3.05) is 5.33 Å². The minimum atomic E-state index is 0.814. The van der Waals surface area contributed by atoms with E-state index in [2.05, 4.69) is 39.7 Å². The first-order chi connectivity index (χ1) is 8.22. The Bertz CT molecular complexity index is 504. The molecule has 0 atom stereocenters. The number of fused-ring (bicyclic) bond motifs is 1. The highest BCUT2D eigenvalue weighted by atomic mass is 79.9. The molecule has 0 aliphatic heterocycles. The Hall–Kier alpha value is -0.470. The van der Waals surface area contributed by atoms with Gasteiger partial charge < -0.3 is 4.57 Å². The average molecular weight is 315 g/mol. The third-order valence-corrected chi connectivity index (χ3v) is 3.97. The van der Waals surface area contributed by atoms with Crippen molar-refractivity contribution < 1.29 is 0 Å². The zero-order valence-corrected chi connectivity index (χ0v) is 12.4. The third kappa shape index (κ3) is 3.05. The average Bonchev–Trinajstić information content (AvgIpc) is 2.61. The Morgan fingerprint density at radius 3 is 2.76 bits per heavy atom. The number of alkyl halides is 1. The predicted molar refractivity (Wildman–Crippen MR) is 79.3 cm³/mol. The number of hydrogen-bond acceptors (Lipinski definition) is 0. The first-order valence-corrected chi connectivity index (χ1v) is 7.52. The van der Waals surface area contributed by atoms with Crippen molar-refractivity contribution in [2.45, 2.75) is 25.7 Å². The van der Waals surface area contributed by atoms with Crippen LogP contribution in [0.3, 0.4) is 0 Å². The summed E-state index contributed by atoms with van der Waals surface area (Å²) in [6.07, 6.45) is 4.95. The smallest absolute Gasteiger partial charge is 0.0480 e. The highest BCUT2D eigenvalue weighted by molar-refractivity contribution is 9.09. The number of unbranched alkanes of at least 4 members (excludes halogenated alkanes) is 2. The molecule has 0 aliphatic carbocycles. The van der Waals surface area contributed by atoms with Gasteiger partial charge in [-0.2, -0.15) is 0 Å². The number of rotatable bonds is 5. The molecule has 0 bridgehead atoms. The topological polar surface area (TPSA) is 4.93 Å². The first kappa shape index (κ1) is 13.0. The van der Waals surface area contributed by atoms with Crippen LogP contribution in [0.4, 0.5) is 0 Å². The standard InChI is InChI=1S/C14H17BrClN/c1-17-13(5-3-2-4-8-15)10-11-9-12(16)6-7-14(11)17/h6-7,9-10H,2-5,8H2,1H3. The molecule has 0 N–H and O–H groups in total. The summed E-state index contributed by atoms with van der Waals surface area (Å²) in [5.74, 6) is 0. The zero-order valence-electron chi connectivity index (χ0n) is 10.0. The molecule has 0 unspecified atom stereocenters. The minimum Gasteiger partial charge on any atom is -0.348 e. The Morgan fingerprint density at radius 1 is 1.18 bits per heavy atom. The molecule has 0 aliphatic rings. The van der Waals surface area contributed by atoms with E-state index in [1.54, 1.807) is 0 Å². The summed E-state index contributed by atoms with van der Waals surface area (Å²) in [6.45, 7) is 0. The van der Waals surface area contributed by atoms with Crippen LogP contribution in [0, 0.1) is 0 Å². The summed E-state index contributed by atoms with van der Waals surface area (Å²) >= 11 is 9.48. The maximum Gasteiger partial charge on any atom is 0.0480 e. The lowest BCUT2D eigenvalue weighted by Gasteiger charge is -2.03. The molecule has 0 saturated heterocycles. The number of benzene rings is 1. The van der Waals surface area contributed by atoms with Gasteiger partial charge in [0.2, 0.25) is 0 Å². The zero-order chi connectivity index (χ0) is 12.3. The Labute approximate surface area is 116 Å². The van der Waals surface area contributed by atoms with Crippen LogP contribution in [-0.4, -0.2) is 9.90 Å². The van der Waals surface area contributed by atoms with E-state index in [0.29, 0.717) is 0 Å². The van der Waals surface area contributed by atoms with E-state index < -0.39 is 0 Å². The molecule has 0 amide bonds. The molecule has 2 aromatic rings. The lowest BCUT2D eigenvalue weighted by molar-refractivity contribution is 0.695. The molecule has 0 saturated carbocycles. The maximum atomic E-state index is 6.01. The van der Waals surface area contributed by atoms with Gasteiger partial charge in [0, 0.05) is 34.0 Å². The molecule has 2 rings (SSSR count). The Balaban J connectivity index is 2.15. The van der Waals surface area contributed by atoms with Crippen molar-refractivity contribution in [1.82, 2.24) is 4.57 Å². The van der Waals surface area contributed by atoms with Crippen molar-refractivity contribution in [3.05, 3.63) is 35.0 Å². The van der Waals surface area contributed by atoms with Gasteiger partial charge in [0.05, 0.1) is 0 Å². The quantitative estimate of drug-likeness (QED) is 0.544. The van der Waals surface area contributed by atoms with Gasteiger partial charge in [-0.25, -0.2) is 0 Å². The van der Waals surface area contributed by atoms with E-state index >= 15 is 0 Å². The van der Waals surface area contributed by atoms with Crippen LogP contribution in [0.5, 0.6) is 0 Å². The molecule has 1 aromatic carbocycles. The van der Waals surface area contributed by atoms with E-state index in [9.17, 15) is 0 Å². The molecule has 1 nitrogen and oxygen atoms in total. The van der Waals surface area contributed by atoms with Crippen molar-refractivity contribution in [3.8, 4) is 0 Å². The highest BCUT2D eigenvalue weighted by Gasteiger charge is 2.05. The van der Waals surface area contributed by atoms with Crippen molar-refractivity contribution in [2.24, 2.45) is 7.05 Å². The van der Waals surface area contributed by atoms with Gasteiger partial charge in [0.1, 0.15) is 0 Å². The van der Waals surface area contributed by atoms with Crippen molar-refractivity contribution >= 4 is 38.4 Å². The molecular weight excluding hydrogens is 298 g/mol. The van der Waals surface area contributed by atoms with E-state index in [4.69, 9.17) is 11.6 Å². The molecule has 0 spiro atoms. The second kappa shape index (κ2) is 5.92. The van der Waals surface area contributed by atoms with Gasteiger partial charge in [-0.05, 0) is 43.5 Å². The fourth-order valence-corrected chi connectivity index (χ4v) is 2.77. The van der Waals surface area contributed by atoms with Crippen molar-refractivity contribution in [3.63, 3.8) is 0 Å². The van der Waals surface area contributed by atoms with Gasteiger partial charge in [-0.15, -0.1) is 0 Å². The summed E-state index contributed by atoms with van der Waals surface area (Å²) in [4.78, 5) is 0. The summed E-state index contributed by atoms with van der Waals surface area (Å²) in [6, 6.07) is 8.35. The number of aryl methyl sites for hydroxylation is 2. The van der Waals surface area contributed by atoms with Crippen LogP contribution in [0.15, 0.2) is 24.3 Å². The van der Waals surface area contributed by atoms with Crippen molar-refractivity contribution in [1.29, 1.82) is 0 Å². The lowest BCUT2D eigenvalue weighted by Crippen LogP contribution is -1.96. The largest absolute Gasteiger partial charge is 0.348 e. The van der Waals surface area contributed by atoms with Crippen LogP contribution in [0.2, 0.25) is 5.02 Å².